The van der Waals surface area contributed by atoms with Gasteiger partial charge in [-0.1, -0.05) is 24.3 Å². The lowest BCUT2D eigenvalue weighted by Crippen LogP contribution is -2.33. The second-order valence-electron chi connectivity index (χ2n) is 8.07. The summed E-state index contributed by atoms with van der Waals surface area (Å²) in [6, 6.07) is 18.1. The van der Waals surface area contributed by atoms with Gasteiger partial charge in [0.1, 0.15) is 11.4 Å². The fraction of sp³-hybridized carbons (Fsp3) is 0.185. The summed E-state index contributed by atoms with van der Waals surface area (Å²) in [6.07, 6.45) is 0. The molecule has 1 N–H and O–H groups in total. The summed E-state index contributed by atoms with van der Waals surface area (Å²) in [5.74, 6) is 1.11. The molecule has 34 heavy (non-hydrogen) atoms. The van der Waals surface area contributed by atoms with Crippen molar-refractivity contribution in [3.63, 3.8) is 0 Å². The van der Waals surface area contributed by atoms with Crippen LogP contribution >= 0.6 is 0 Å². The SMILES string of the molecule is CCOc1ccc(C2=C(Nc3ccc4c(c3)OCO4)C(=O)N(c3cccc(C)c3C)C2=O)cc1. The van der Waals surface area contributed by atoms with Crippen molar-refractivity contribution in [2.24, 2.45) is 0 Å². The maximum absolute atomic E-state index is 13.7. The quantitative estimate of drug-likeness (QED) is 0.536. The maximum atomic E-state index is 13.7. The van der Waals surface area contributed by atoms with Crippen LogP contribution in [-0.4, -0.2) is 25.2 Å². The monoisotopic (exact) mass is 456 g/mol. The van der Waals surface area contributed by atoms with E-state index in [9.17, 15) is 9.59 Å². The Morgan fingerprint density at radius 1 is 0.941 bits per heavy atom. The van der Waals surface area contributed by atoms with Crippen molar-refractivity contribution in [3.8, 4) is 17.2 Å². The van der Waals surface area contributed by atoms with Gasteiger partial charge in [-0.2, -0.15) is 0 Å². The number of rotatable bonds is 6. The van der Waals surface area contributed by atoms with Gasteiger partial charge in [0.05, 0.1) is 17.9 Å². The highest BCUT2D eigenvalue weighted by molar-refractivity contribution is 6.46. The summed E-state index contributed by atoms with van der Waals surface area (Å²) in [7, 11) is 0. The molecule has 172 valence electrons. The second-order valence-corrected chi connectivity index (χ2v) is 8.07. The Morgan fingerprint density at radius 2 is 1.71 bits per heavy atom. The van der Waals surface area contributed by atoms with E-state index >= 15 is 0 Å². The molecule has 3 aromatic rings. The van der Waals surface area contributed by atoms with Gasteiger partial charge in [-0.25, -0.2) is 4.90 Å². The molecule has 5 rings (SSSR count). The van der Waals surface area contributed by atoms with Crippen molar-refractivity contribution in [2.75, 3.05) is 23.6 Å². The molecule has 2 heterocycles. The number of anilines is 2. The van der Waals surface area contributed by atoms with Crippen LogP contribution in [0.15, 0.2) is 66.4 Å². The summed E-state index contributed by atoms with van der Waals surface area (Å²) >= 11 is 0. The van der Waals surface area contributed by atoms with Crippen LogP contribution < -0.4 is 24.4 Å². The molecule has 0 saturated carbocycles. The fourth-order valence-electron chi connectivity index (χ4n) is 4.11. The lowest BCUT2D eigenvalue weighted by atomic mass is 10.0. The van der Waals surface area contributed by atoms with E-state index in [0.29, 0.717) is 46.4 Å². The normalized spacial score (nSPS) is 14.7. The molecular formula is C27H24N2O5. The molecule has 2 amide bonds. The number of nitrogens with one attached hydrogen (secondary N) is 1. The third kappa shape index (κ3) is 3.65. The minimum Gasteiger partial charge on any atom is -0.494 e. The van der Waals surface area contributed by atoms with E-state index in [1.54, 1.807) is 48.5 Å². The molecule has 0 aromatic heterocycles. The summed E-state index contributed by atoms with van der Waals surface area (Å²) in [5, 5.41) is 3.17. The van der Waals surface area contributed by atoms with E-state index in [-0.39, 0.29) is 18.4 Å². The van der Waals surface area contributed by atoms with Crippen molar-refractivity contribution >= 4 is 28.8 Å². The van der Waals surface area contributed by atoms with Gasteiger partial charge < -0.3 is 19.5 Å². The number of imide groups is 1. The van der Waals surface area contributed by atoms with Gasteiger partial charge in [0.15, 0.2) is 11.5 Å². The first-order chi connectivity index (χ1) is 16.5. The zero-order chi connectivity index (χ0) is 23.8. The van der Waals surface area contributed by atoms with Crippen LogP contribution in [0.2, 0.25) is 0 Å². The van der Waals surface area contributed by atoms with E-state index in [1.807, 2.05) is 32.9 Å². The molecule has 7 heteroatoms. The highest BCUT2D eigenvalue weighted by Gasteiger charge is 2.41. The predicted molar refractivity (Wildman–Crippen MR) is 129 cm³/mol. The van der Waals surface area contributed by atoms with Crippen molar-refractivity contribution < 1.29 is 23.8 Å². The van der Waals surface area contributed by atoms with Gasteiger partial charge in [-0.3, -0.25) is 9.59 Å². The molecule has 0 bridgehead atoms. The molecule has 0 unspecified atom stereocenters. The van der Waals surface area contributed by atoms with E-state index in [1.165, 1.54) is 4.90 Å². The molecule has 3 aromatic carbocycles. The third-order valence-electron chi connectivity index (χ3n) is 6.00. The second kappa shape index (κ2) is 8.59. The number of aryl methyl sites for hydroxylation is 1. The van der Waals surface area contributed by atoms with Crippen LogP contribution in [0.25, 0.3) is 5.57 Å². The van der Waals surface area contributed by atoms with E-state index in [0.717, 1.165) is 11.1 Å². The lowest BCUT2D eigenvalue weighted by molar-refractivity contribution is -0.120. The Morgan fingerprint density at radius 3 is 2.47 bits per heavy atom. The topological polar surface area (TPSA) is 77.1 Å². The Bertz CT molecular complexity index is 1330. The molecule has 0 spiro atoms. The summed E-state index contributed by atoms with van der Waals surface area (Å²) < 4.78 is 16.4. The number of nitrogens with zero attached hydrogens (tertiary/aromatic N) is 1. The average molecular weight is 456 g/mol. The van der Waals surface area contributed by atoms with Crippen LogP contribution in [0, 0.1) is 13.8 Å². The maximum Gasteiger partial charge on any atom is 0.282 e. The number of fused-ring (bicyclic) bond motifs is 1. The molecule has 7 nitrogen and oxygen atoms in total. The Balaban J connectivity index is 1.59. The molecule has 0 atom stereocenters. The van der Waals surface area contributed by atoms with Gasteiger partial charge in [0.25, 0.3) is 11.8 Å². The van der Waals surface area contributed by atoms with Gasteiger partial charge in [-0.05, 0) is 67.8 Å². The van der Waals surface area contributed by atoms with Gasteiger partial charge in [0, 0.05) is 11.8 Å². The summed E-state index contributed by atoms with van der Waals surface area (Å²) in [6.45, 7) is 6.46. The first kappa shape index (κ1) is 21.6. The van der Waals surface area contributed by atoms with Gasteiger partial charge in [-0.15, -0.1) is 0 Å². The molecule has 2 aliphatic rings. The molecule has 0 fully saturated rings. The first-order valence-corrected chi connectivity index (χ1v) is 11.1. The summed E-state index contributed by atoms with van der Waals surface area (Å²) in [5.41, 5.74) is 4.18. The Hall–Kier alpha value is -4.26. The molecule has 2 aliphatic heterocycles. The zero-order valence-electron chi connectivity index (χ0n) is 19.2. The van der Waals surface area contributed by atoms with Gasteiger partial charge >= 0.3 is 0 Å². The number of benzene rings is 3. The number of hydrogen-bond acceptors (Lipinski definition) is 6. The largest absolute Gasteiger partial charge is 0.494 e. The standard InChI is InChI=1S/C27H24N2O5/c1-4-32-20-11-8-18(9-12-20)24-25(28-19-10-13-22-23(14-19)34-15-33-22)27(31)29(26(24)30)21-7-5-6-16(2)17(21)3/h5-14,28H,4,15H2,1-3H3. The lowest BCUT2D eigenvalue weighted by Gasteiger charge is -2.19. The van der Waals surface area contributed by atoms with E-state index in [2.05, 4.69) is 5.32 Å². The minimum atomic E-state index is -0.416. The zero-order valence-corrected chi connectivity index (χ0v) is 19.2. The smallest absolute Gasteiger partial charge is 0.282 e. The first-order valence-electron chi connectivity index (χ1n) is 11.1. The number of carbonyl (C=O) groups excluding carboxylic acids is 2. The van der Waals surface area contributed by atoms with Crippen LogP contribution in [0.3, 0.4) is 0 Å². The van der Waals surface area contributed by atoms with Crippen LogP contribution in [0.5, 0.6) is 17.2 Å². The van der Waals surface area contributed by atoms with Crippen molar-refractivity contribution in [2.45, 2.75) is 20.8 Å². The van der Waals surface area contributed by atoms with Crippen LogP contribution in [0.4, 0.5) is 11.4 Å². The summed E-state index contributed by atoms with van der Waals surface area (Å²) in [4.78, 5) is 28.6. The van der Waals surface area contributed by atoms with Crippen molar-refractivity contribution in [1.29, 1.82) is 0 Å². The molecule has 0 saturated heterocycles. The highest BCUT2D eigenvalue weighted by atomic mass is 16.7. The Kier molecular flexibility index (Phi) is 5.45. The number of ether oxygens (including phenoxy) is 3. The number of amides is 2. The number of hydrogen-bond donors (Lipinski definition) is 1. The predicted octanol–water partition coefficient (Wildman–Crippen LogP) is 4.83. The highest BCUT2D eigenvalue weighted by Crippen LogP contribution is 2.38. The van der Waals surface area contributed by atoms with Gasteiger partial charge in [0.2, 0.25) is 6.79 Å². The van der Waals surface area contributed by atoms with E-state index < -0.39 is 5.91 Å². The third-order valence-corrected chi connectivity index (χ3v) is 6.00. The van der Waals surface area contributed by atoms with Crippen LogP contribution in [0.1, 0.15) is 23.6 Å². The average Bonchev–Trinajstić information content (AvgIpc) is 3.39. The number of carbonyl (C=O) groups is 2. The fourth-order valence-corrected chi connectivity index (χ4v) is 4.11. The Labute approximate surface area is 197 Å². The molecule has 0 aliphatic carbocycles. The molecule has 0 radical (unpaired) electrons. The van der Waals surface area contributed by atoms with Crippen molar-refractivity contribution in [3.05, 3.63) is 83.1 Å². The van der Waals surface area contributed by atoms with Crippen LogP contribution in [-0.2, 0) is 9.59 Å². The molecular weight excluding hydrogens is 432 g/mol. The minimum absolute atomic E-state index is 0.150. The van der Waals surface area contributed by atoms with E-state index in [4.69, 9.17) is 14.2 Å². The van der Waals surface area contributed by atoms with Crippen molar-refractivity contribution in [1.82, 2.24) is 0 Å².